The maximum absolute atomic E-state index is 14.0. The monoisotopic (exact) mass is 566 g/mol. The van der Waals surface area contributed by atoms with Crippen molar-refractivity contribution in [3.8, 4) is 17.2 Å². The molecule has 1 aliphatic heterocycles. The van der Waals surface area contributed by atoms with Crippen LogP contribution in [0.5, 0.6) is 17.2 Å². The molecule has 8 nitrogen and oxygen atoms in total. The number of Topliss-reactive ketones (excluding diaryl/α,β-unsaturated/α-hetero) is 1. The first-order valence-corrected chi connectivity index (χ1v) is 13.1. The number of nitrogens with zero attached hydrogens (tertiary/aromatic N) is 2. The number of carbonyl (C=O) groups is 2. The number of rotatable bonds is 8. The molecular formula is C32H23ClN2O6. The van der Waals surface area contributed by atoms with Gasteiger partial charge < -0.3 is 23.9 Å². The second-order valence-corrected chi connectivity index (χ2v) is 9.85. The number of ketones is 1. The fourth-order valence-corrected chi connectivity index (χ4v) is 5.16. The Kier molecular flexibility index (Phi) is 6.91. The number of aromatic nitrogens is 1. The van der Waals surface area contributed by atoms with Crippen molar-refractivity contribution in [1.82, 2.24) is 9.88 Å². The van der Waals surface area contributed by atoms with E-state index in [2.05, 4.69) is 4.98 Å². The van der Waals surface area contributed by atoms with Gasteiger partial charge in [-0.3, -0.25) is 14.6 Å². The Morgan fingerprint density at radius 2 is 1.83 bits per heavy atom. The normalized spacial score (nSPS) is 15.0. The van der Waals surface area contributed by atoms with E-state index in [4.69, 9.17) is 25.5 Å². The lowest BCUT2D eigenvalue weighted by atomic mass is 9.94. The number of aliphatic hydroxyl groups excluding tert-OH is 1. The predicted octanol–water partition coefficient (Wildman–Crippen LogP) is 7.06. The molecule has 1 aliphatic rings. The summed E-state index contributed by atoms with van der Waals surface area (Å²) in [7, 11) is 1.47. The van der Waals surface area contributed by atoms with E-state index >= 15 is 0 Å². The number of methoxy groups -OCH3 is 1. The third kappa shape index (κ3) is 5.01. The fourth-order valence-electron chi connectivity index (χ4n) is 4.94. The van der Waals surface area contributed by atoms with Crippen LogP contribution in [0.15, 0.2) is 113 Å². The first kappa shape index (κ1) is 26.2. The summed E-state index contributed by atoms with van der Waals surface area (Å²) < 4.78 is 17.3. The molecule has 9 heteroatoms. The maximum atomic E-state index is 14.0. The van der Waals surface area contributed by atoms with E-state index in [9.17, 15) is 14.7 Å². The third-order valence-corrected chi connectivity index (χ3v) is 6.99. The van der Waals surface area contributed by atoms with Crippen molar-refractivity contribution in [3.63, 3.8) is 0 Å². The van der Waals surface area contributed by atoms with Crippen LogP contribution < -0.4 is 9.47 Å². The van der Waals surface area contributed by atoms with Gasteiger partial charge in [0.25, 0.3) is 5.91 Å². The molecular weight excluding hydrogens is 544 g/mol. The molecule has 0 saturated heterocycles. The summed E-state index contributed by atoms with van der Waals surface area (Å²) in [5.41, 5.74) is 1.51. The Morgan fingerprint density at radius 1 is 1.02 bits per heavy atom. The quantitative estimate of drug-likeness (QED) is 0.201. The Hall–Kier alpha value is -5.08. The zero-order chi connectivity index (χ0) is 28.5. The molecule has 1 amide bonds. The SMILES string of the molecule is COc1cc(Cl)cc2cc(C(=O)C3=C(O)C(=O)N(Cc4cccnc4)C3c3cccc(Oc4ccccc4)c3)oc12. The molecule has 0 fully saturated rings. The lowest BCUT2D eigenvalue weighted by Crippen LogP contribution is -2.30. The number of furan rings is 1. The van der Waals surface area contributed by atoms with E-state index in [1.54, 1.807) is 54.9 Å². The topological polar surface area (TPSA) is 102 Å². The number of benzene rings is 3. The second kappa shape index (κ2) is 10.8. The number of pyridine rings is 1. The molecule has 3 heterocycles. The lowest BCUT2D eigenvalue weighted by Gasteiger charge is -2.27. The van der Waals surface area contributed by atoms with Crippen LogP contribution in [-0.2, 0) is 11.3 Å². The minimum Gasteiger partial charge on any atom is -0.503 e. The van der Waals surface area contributed by atoms with Gasteiger partial charge in [0.2, 0.25) is 5.78 Å². The number of ether oxygens (including phenoxy) is 2. The van der Waals surface area contributed by atoms with Gasteiger partial charge in [-0.15, -0.1) is 0 Å². The van der Waals surface area contributed by atoms with Gasteiger partial charge >= 0.3 is 0 Å². The maximum Gasteiger partial charge on any atom is 0.290 e. The van der Waals surface area contributed by atoms with Gasteiger partial charge in [-0.2, -0.15) is 0 Å². The molecule has 0 saturated carbocycles. The van der Waals surface area contributed by atoms with Crippen LogP contribution >= 0.6 is 11.6 Å². The molecule has 0 bridgehead atoms. The number of amides is 1. The summed E-state index contributed by atoms with van der Waals surface area (Å²) in [6, 6.07) is 23.7. The summed E-state index contributed by atoms with van der Waals surface area (Å²) in [6.07, 6.45) is 3.26. The van der Waals surface area contributed by atoms with Gasteiger partial charge in [0, 0.05) is 35.4 Å². The van der Waals surface area contributed by atoms with Crippen molar-refractivity contribution in [1.29, 1.82) is 0 Å². The summed E-state index contributed by atoms with van der Waals surface area (Å²) in [6.45, 7) is 0.103. The van der Waals surface area contributed by atoms with Crippen LogP contribution in [0, 0.1) is 0 Å². The smallest absolute Gasteiger partial charge is 0.290 e. The largest absolute Gasteiger partial charge is 0.503 e. The van der Waals surface area contributed by atoms with Gasteiger partial charge in [0.15, 0.2) is 22.9 Å². The number of aliphatic hydroxyl groups is 1. The number of carbonyl (C=O) groups excluding carboxylic acids is 2. The zero-order valence-corrected chi connectivity index (χ0v) is 22.5. The molecule has 1 atom stereocenters. The number of para-hydroxylation sites is 1. The predicted molar refractivity (Wildman–Crippen MR) is 152 cm³/mol. The van der Waals surface area contributed by atoms with Crippen LogP contribution in [0.25, 0.3) is 11.0 Å². The van der Waals surface area contributed by atoms with E-state index in [1.165, 1.54) is 18.1 Å². The minimum atomic E-state index is -0.937. The summed E-state index contributed by atoms with van der Waals surface area (Å²) in [5.74, 6) is -0.560. The van der Waals surface area contributed by atoms with Crippen molar-refractivity contribution >= 4 is 34.3 Å². The highest BCUT2D eigenvalue weighted by Crippen LogP contribution is 2.42. The molecule has 41 heavy (non-hydrogen) atoms. The molecule has 1 unspecified atom stereocenters. The Balaban J connectivity index is 1.44. The number of halogens is 1. The summed E-state index contributed by atoms with van der Waals surface area (Å²) >= 11 is 6.21. The number of hydrogen-bond acceptors (Lipinski definition) is 7. The van der Waals surface area contributed by atoms with Crippen LogP contribution in [0.2, 0.25) is 5.02 Å². The Bertz CT molecular complexity index is 1800. The lowest BCUT2D eigenvalue weighted by molar-refractivity contribution is -0.130. The molecule has 3 aromatic carbocycles. The van der Waals surface area contributed by atoms with Crippen LogP contribution in [0.4, 0.5) is 0 Å². The van der Waals surface area contributed by atoms with Crippen molar-refractivity contribution < 1.29 is 28.6 Å². The standard InChI is InChI=1S/C32H23ClN2O6/c1-39-26-16-22(33)13-21-15-25(41-31(21)26)29(36)27-28(35(32(38)30(27)37)18-19-7-6-12-34-17-19)20-8-5-11-24(14-20)40-23-9-3-2-4-10-23/h2-17,28,37H,18H2,1H3. The molecule has 1 N–H and O–H groups in total. The highest BCUT2D eigenvalue weighted by Gasteiger charge is 2.44. The van der Waals surface area contributed by atoms with E-state index in [-0.39, 0.29) is 17.9 Å². The van der Waals surface area contributed by atoms with Gasteiger partial charge in [-0.1, -0.05) is 48.0 Å². The van der Waals surface area contributed by atoms with Crippen molar-refractivity contribution in [2.24, 2.45) is 0 Å². The van der Waals surface area contributed by atoms with E-state index in [0.717, 1.165) is 5.56 Å². The highest BCUT2D eigenvalue weighted by molar-refractivity contribution is 6.31. The molecule has 2 aromatic heterocycles. The van der Waals surface area contributed by atoms with Crippen molar-refractivity contribution in [3.05, 3.63) is 131 Å². The van der Waals surface area contributed by atoms with E-state index in [0.29, 0.717) is 38.8 Å². The molecule has 204 valence electrons. The molecule has 0 radical (unpaired) electrons. The second-order valence-electron chi connectivity index (χ2n) is 9.41. The average molecular weight is 567 g/mol. The minimum absolute atomic E-state index is 0.0696. The Morgan fingerprint density at radius 3 is 2.59 bits per heavy atom. The van der Waals surface area contributed by atoms with Crippen LogP contribution in [0.1, 0.15) is 27.7 Å². The third-order valence-electron chi connectivity index (χ3n) is 6.77. The van der Waals surface area contributed by atoms with Gasteiger partial charge in [0.1, 0.15) is 11.5 Å². The van der Waals surface area contributed by atoms with Crippen molar-refractivity contribution in [2.45, 2.75) is 12.6 Å². The van der Waals surface area contributed by atoms with Crippen LogP contribution in [0.3, 0.4) is 0 Å². The molecule has 0 spiro atoms. The summed E-state index contributed by atoms with van der Waals surface area (Å²) in [4.78, 5) is 33.1. The summed E-state index contributed by atoms with van der Waals surface area (Å²) in [5, 5.41) is 12.1. The Labute approximate surface area is 240 Å². The molecule has 6 rings (SSSR count). The van der Waals surface area contributed by atoms with Gasteiger partial charge in [-0.25, -0.2) is 0 Å². The van der Waals surface area contributed by atoms with E-state index in [1.807, 2.05) is 36.4 Å². The number of hydrogen-bond donors (Lipinski definition) is 1. The van der Waals surface area contributed by atoms with Gasteiger partial charge in [0.05, 0.1) is 18.7 Å². The van der Waals surface area contributed by atoms with Crippen molar-refractivity contribution in [2.75, 3.05) is 7.11 Å². The average Bonchev–Trinajstić information content (AvgIpc) is 3.52. The highest BCUT2D eigenvalue weighted by atomic mass is 35.5. The fraction of sp³-hybridized carbons (Fsp3) is 0.0938. The molecule has 0 aliphatic carbocycles. The molecule has 5 aromatic rings. The van der Waals surface area contributed by atoms with Crippen LogP contribution in [-0.4, -0.2) is 33.8 Å². The first-order valence-electron chi connectivity index (χ1n) is 12.7. The van der Waals surface area contributed by atoms with E-state index < -0.39 is 23.5 Å². The number of fused-ring (bicyclic) bond motifs is 1. The van der Waals surface area contributed by atoms with Gasteiger partial charge in [-0.05, 0) is 53.6 Å². The first-order chi connectivity index (χ1) is 19.9. The zero-order valence-electron chi connectivity index (χ0n) is 21.8.